The smallest absolute Gasteiger partial charge is 0.258 e. The van der Waals surface area contributed by atoms with E-state index in [4.69, 9.17) is 0 Å². The number of nitrogens with zero attached hydrogens (tertiary/aromatic N) is 3. The van der Waals surface area contributed by atoms with Crippen LogP contribution in [0.5, 0.6) is 0 Å². The standard InChI is InChI=1S/C31H35N7O2S/c1-18-12-20(14-24(13-18)34-22-8-10-38(3)11-9-22)30(39)36-23-5-4-19(2)26(15-23)37-31(40)25-16-41-28-27(25)32-17-33-29(28)35-21-6-7-21/h4-5,12-17,21-22,34H,6-11H2,1-3H3,(H,36,39)(H,37,40)(H,32,33,35). The van der Waals surface area contributed by atoms with E-state index in [0.717, 1.165) is 66.1 Å². The molecule has 10 heteroatoms. The molecule has 1 aliphatic heterocycles. The number of amides is 2. The van der Waals surface area contributed by atoms with Crippen molar-refractivity contribution in [3.05, 3.63) is 70.4 Å². The summed E-state index contributed by atoms with van der Waals surface area (Å²) in [6.45, 7) is 6.06. The van der Waals surface area contributed by atoms with Crippen LogP contribution in [0, 0.1) is 13.8 Å². The number of fused-ring (bicyclic) bond motifs is 1. The van der Waals surface area contributed by atoms with E-state index in [1.807, 2.05) is 43.5 Å². The van der Waals surface area contributed by atoms with Crippen molar-refractivity contribution in [2.24, 2.45) is 0 Å². The average molecular weight is 570 g/mol. The Morgan fingerprint density at radius 2 is 1.66 bits per heavy atom. The topological polar surface area (TPSA) is 111 Å². The van der Waals surface area contributed by atoms with Crippen LogP contribution in [0.25, 0.3) is 10.2 Å². The SMILES string of the molecule is Cc1cc(NC2CCN(C)CC2)cc(C(=O)Nc2ccc(C)c(NC(=O)c3csc4c(NC5CC5)ncnc34)c2)c1. The number of hydrogen-bond acceptors (Lipinski definition) is 8. The molecule has 4 N–H and O–H groups in total. The molecular formula is C31H35N7O2S. The van der Waals surface area contributed by atoms with Crippen LogP contribution < -0.4 is 21.3 Å². The summed E-state index contributed by atoms with van der Waals surface area (Å²) in [5.41, 5.74) is 5.84. The van der Waals surface area contributed by atoms with E-state index in [1.54, 1.807) is 6.07 Å². The van der Waals surface area contributed by atoms with Crippen LogP contribution in [-0.4, -0.2) is 58.9 Å². The summed E-state index contributed by atoms with van der Waals surface area (Å²) >= 11 is 1.46. The van der Waals surface area contributed by atoms with E-state index in [2.05, 4.69) is 49.2 Å². The number of thiophene rings is 1. The lowest BCUT2D eigenvalue weighted by molar-refractivity contribution is 0.102. The molecule has 4 aromatic rings. The molecule has 212 valence electrons. The molecule has 0 spiro atoms. The number of benzene rings is 2. The van der Waals surface area contributed by atoms with Crippen molar-refractivity contribution < 1.29 is 9.59 Å². The minimum Gasteiger partial charge on any atom is -0.382 e. The monoisotopic (exact) mass is 569 g/mol. The fourth-order valence-electron chi connectivity index (χ4n) is 5.15. The third kappa shape index (κ3) is 6.34. The first-order valence-corrected chi connectivity index (χ1v) is 15.0. The molecule has 1 saturated heterocycles. The first-order chi connectivity index (χ1) is 19.8. The number of aromatic nitrogens is 2. The molecule has 2 amide bonds. The maximum absolute atomic E-state index is 13.3. The Morgan fingerprint density at radius 1 is 0.878 bits per heavy atom. The summed E-state index contributed by atoms with van der Waals surface area (Å²) in [5.74, 6) is 0.336. The van der Waals surface area contributed by atoms with Gasteiger partial charge in [0.05, 0.1) is 15.8 Å². The second kappa shape index (κ2) is 11.5. The Hall–Kier alpha value is -4.02. The van der Waals surface area contributed by atoms with Crippen LogP contribution in [0.3, 0.4) is 0 Å². The second-order valence-electron chi connectivity index (χ2n) is 11.2. The highest BCUT2D eigenvalue weighted by atomic mass is 32.1. The van der Waals surface area contributed by atoms with Crippen molar-refractivity contribution in [1.82, 2.24) is 14.9 Å². The zero-order chi connectivity index (χ0) is 28.5. The molecule has 9 nitrogen and oxygen atoms in total. The highest BCUT2D eigenvalue weighted by Crippen LogP contribution is 2.33. The molecule has 1 aliphatic carbocycles. The highest BCUT2D eigenvalue weighted by Gasteiger charge is 2.24. The van der Waals surface area contributed by atoms with Crippen molar-refractivity contribution in [2.45, 2.75) is 51.6 Å². The molecule has 0 unspecified atom stereocenters. The summed E-state index contributed by atoms with van der Waals surface area (Å²) in [6.07, 6.45) is 5.93. The molecule has 0 atom stereocenters. The van der Waals surface area contributed by atoms with Crippen molar-refractivity contribution in [3.8, 4) is 0 Å². The maximum Gasteiger partial charge on any atom is 0.258 e. The van der Waals surface area contributed by atoms with Crippen molar-refractivity contribution in [3.63, 3.8) is 0 Å². The average Bonchev–Trinajstić information content (AvgIpc) is 3.66. The van der Waals surface area contributed by atoms with Gasteiger partial charge in [-0.2, -0.15) is 0 Å². The number of rotatable bonds is 8. The largest absolute Gasteiger partial charge is 0.382 e. The molecule has 6 rings (SSSR count). The molecule has 2 aromatic carbocycles. The molecule has 2 fully saturated rings. The van der Waals surface area contributed by atoms with E-state index in [9.17, 15) is 9.59 Å². The van der Waals surface area contributed by atoms with Gasteiger partial charge in [-0.1, -0.05) is 6.07 Å². The second-order valence-corrected chi connectivity index (χ2v) is 12.1. The van der Waals surface area contributed by atoms with Crippen LogP contribution in [0.4, 0.5) is 22.9 Å². The number of hydrogen-bond donors (Lipinski definition) is 4. The first kappa shape index (κ1) is 27.2. The van der Waals surface area contributed by atoms with Crippen molar-refractivity contribution in [1.29, 1.82) is 0 Å². The molecule has 0 bridgehead atoms. The molecular weight excluding hydrogens is 534 g/mol. The zero-order valence-corrected chi connectivity index (χ0v) is 24.4. The van der Waals surface area contributed by atoms with Crippen LogP contribution in [0.2, 0.25) is 0 Å². The van der Waals surface area contributed by atoms with Gasteiger partial charge in [-0.3, -0.25) is 9.59 Å². The minimum atomic E-state index is -0.248. The maximum atomic E-state index is 13.3. The molecule has 1 saturated carbocycles. The van der Waals surface area contributed by atoms with Gasteiger partial charge in [0.25, 0.3) is 11.8 Å². The molecule has 3 heterocycles. The zero-order valence-electron chi connectivity index (χ0n) is 23.6. The van der Waals surface area contributed by atoms with E-state index in [1.165, 1.54) is 17.7 Å². The van der Waals surface area contributed by atoms with Gasteiger partial charge in [-0.05, 0) is 101 Å². The summed E-state index contributed by atoms with van der Waals surface area (Å²) in [7, 11) is 2.15. The molecule has 2 aromatic heterocycles. The summed E-state index contributed by atoms with van der Waals surface area (Å²) in [6, 6.07) is 12.3. The van der Waals surface area contributed by atoms with Crippen LogP contribution in [-0.2, 0) is 0 Å². The lowest BCUT2D eigenvalue weighted by Gasteiger charge is -2.30. The van der Waals surface area contributed by atoms with Gasteiger partial charge in [0, 0.05) is 40.1 Å². The van der Waals surface area contributed by atoms with Gasteiger partial charge in [0.15, 0.2) is 0 Å². The number of likely N-dealkylation sites (tertiary alicyclic amines) is 1. The lowest BCUT2D eigenvalue weighted by atomic mass is 10.0. The number of anilines is 4. The fourth-order valence-corrected chi connectivity index (χ4v) is 6.10. The van der Waals surface area contributed by atoms with Crippen molar-refractivity contribution in [2.75, 3.05) is 41.4 Å². The number of piperidine rings is 1. The van der Waals surface area contributed by atoms with E-state index in [0.29, 0.717) is 40.1 Å². The van der Waals surface area contributed by atoms with Gasteiger partial charge in [-0.25, -0.2) is 9.97 Å². The number of carbonyl (C=O) groups excluding carboxylic acids is 2. The highest BCUT2D eigenvalue weighted by molar-refractivity contribution is 7.18. The first-order valence-electron chi connectivity index (χ1n) is 14.1. The number of aryl methyl sites for hydroxylation is 2. The Bertz CT molecular complexity index is 1610. The molecule has 0 radical (unpaired) electrons. The Kier molecular flexibility index (Phi) is 7.59. The van der Waals surface area contributed by atoms with Crippen LogP contribution >= 0.6 is 11.3 Å². The van der Waals surface area contributed by atoms with Gasteiger partial charge in [0.2, 0.25) is 0 Å². The summed E-state index contributed by atoms with van der Waals surface area (Å²) in [4.78, 5) is 37.7. The van der Waals surface area contributed by atoms with E-state index >= 15 is 0 Å². The van der Waals surface area contributed by atoms with Crippen LogP contribution in [0.1, 0.15) is 57.5 Å². The Morgan fingerprint density at radius 3 is 2.44 bits per heavy atom. The number of nitrogens with one attached hydrogen (secondary N) is 4. The third-order valence-corrected chi connectivity index (χ3v) is 8.66. The Balaban J connectivity index is 1.15. The van der Waals surface area contributed by atoms with Crippen molar-refractivity contribution >= 4 is 56.2 Å². The minimum absolute atomic E-state index is 0.197. The van der Waals surface area contributed by atoms with Gasteiger partial charge in [-0.15, -0.1) is 11.3 Å². The van der Waals surface area contributed by atoms with Crippen LogP contribution in [0.15, 0.2) is 48.1 Å². The number of carbonyl (C=O) groups is 2. The quantitative estimate of drug-likeness (QED) is 0.209. The molecule has 41 heavy (non-hydrogen) atoms. The predicted molar refractivity (Wildman–Crippen MR) is 166 cm³/mol. The molecule has 2 aliphatic rings. The Labute approximate surface area is 243 Å². The van der Waals surface area contributed by atoms with E-state index in [-0.39, 0.29) is 11.8 Å². The lowest BCUT2D eigenvalue weighted by Crippen LogP contribution is -2.36. The normalized spacial score (nSPS) is 16.0. The van der Waals surface area contributed by atoms with E-state index < -0.39 is 0 Å². The fraction of sp³-hybridized carbons (Fsp3) is 0.355. The summed E-state index contributed by atoms with van der Waals surface area (Å²) < 4.78 is 0.880. The predicted octanol–water partition coefficient (Wildman–Crippen LogP) is 5.89. The van der Waals surface area contributed by atoms with Gasteiger partial charge >= 0.3 is 0 Å². The van der Waals surface area contributed by atoms with Gasteiger partial charge < -0.3 is 26.2 Å². The van der Waals surface area contributed by atoms with Gasteiger partial charge in [0.1, 0.15) is 12.1 Å². The third-order valence-electron chi connectivity index (χ3n) is 7.69. The summed E-state index contributed by atoms with van der Waals surface area (Å²) in [5, 5.41) is 14.9.